The first-order valence-electron chi connectivity index (χ1n) is 29.6. The number of unbranched alkanes of at least 4 members (excludes halogenated alkanes) is 38. The fraction of sp³-hybridized carbons (Fsp3) is 0.900. The Balaban J connectivity index is 4.51. The summed E-state index contributed by atoms with van der Waals surface area (Å²) in [6, 6.07) is -0.701. The van der Waals surface area contributed by atoms with Gasteiger partial charge in [0.25, 0.3) is 0 Å². The Hall–Kier alpha value is -1.66. The lowest BCUT2D eigenvalue weighted by Crippen LogP contribution is -2.46. The van der Waals surface area contributed by atoms with Crippen LogP contribution in [0, 0.1) is 0 Å². The van der Waals surface area contributed by atoms with Crippen molar-refractivity contribution in [3.63, 3.8) is 0 Å². The molecule has 0 radical (unpaired) electrons. The molecule has 0 aromatic carbocycles. The first-order valence-corrected chi connectivity index (χ1v) is 29.6. The molecule has 66 heavy (non-hydrogen) atoms. The number of carbonyl (C=O) groups is 2. The third kappa shape index (κ3) is 48.8. The summed E-state index contributed by atoms with van der Waals surface area (Å²) in [5, 5.41) is 23.9. The number of hydrogen-bond donors (Lipinski definition) is 3. The maximum Gasteiger partial charge on any atom is 0.306 e. The Kier molecular flexibility index (Phi) is 52.9. The van der Waals surface area contributed by atoms with E-state index in [1.54, 1.807) is 0 Å². The molecule has 6 nitrogen and oxygen atoms in total. The van der Waals surface area contributed by atoms with Crippen LogP contribution in [0.15, 0.2) is 24.3 Å². The Labute approximate surface area is 411 Å². The van der Waals surface area contributed by atoms with E-state index in [-0.39, 0.29) is 24.9 Å². The van der Waals surface area contributed by atoms with Crippen molar-refractivity contribution < 1.29 is 24.5 Å². The van der Waals surface area contributed by atoms with E-state index in [0.29, 0.717) is 19.3 Å². The lowest BCUT2D eigenvalue weighted by atomic mass is 10.0. The number of allylic oxidation sites excluding steroid dienone is 4. The Morgan fingerprint density at radius 2 is 0.727 bits per heavy atom. The van der Waals surface area contributed by atoms with Crippen LogP contribution in [-0.2, 0) is 14.3 Å². The van der Waals surface area contributed by atoms with Gasteiger partial charge in [0.05, 0.1) is 25.2 Å². The van der Waals surface area contributed by atoms with Gasteiger partial charge in [-0.05, 0) is 77.0 Å². The van der Waals surface area contributed by atoms with Gasteiger partial charge in [-0.15, -0.1) is 0 Å². The number of aliphatic hydroxyl groups excluding tert-OH is 2. The van der Waals surface area contributed by atoms with Crippen LogP contribution in [0.4, 0.5) is 0 Å². The predicted molar refractivity (Wildman–Crippen MR) is 287 cm³/mol. The number of aliphatic hydroxyl groups is 2. The van der Waals surface area contributed by atoms with Crippen LogP contribution >= 0.6 is 0 Å². The monoisotopic (exact) mass is 930 g/mol. The molecule has 0 aliphatic heterocycles. The van der Waals surface area contributed by atoms with Gasteiger partial charge in [0, 0.05) is 6.42 Å². The van der Waals surface area contributed by atoms with E-state index in [1.165, 1.54) is 218 Å². The molecule has 390 valence electrons. The van der Waals surface area contributed by atoms with Crippen LogP contribution in [0.3, 0.4) is 0 Å². The fourth-order valence-corrected chi connectivity index (χ4v) is 9.25. The van der Waals surface area contributed by atoms with E-state index in [9.17, 15) is 19.8 Å². The second kappa shape index (κ2) is 54.3. The quantitative estimate of drug-likeness (QED) is 0.0321. The van der Waals surface area contributed by atoms with Crippen LogP contribution in [0.2, 0.25) is 0 Å². The first-order chi connectivity index (χ1) is 32.5. The molecule has 0 aliphatic carbocycles. The van der Waals surface area contributed by atoms with Gasteiger partial charge in [0.15, 0.2) is 0 Å². The van der Waals surface area contributed by atoms with Crippen LogP contribution in [0.5, 0.6) is 0 Å². The number of nitrogens with one attached hydrogen (secondary N) is 1. The molecule has 0 spiro atoms. The van der Waals surface area contributed by atoms with Gasteiger partial charge in [-0.1, -0.05) is 257 Å². The van der Waals surface area contributed by atoms with Gasteiger partial charge < -0.3 is 20.3 Å². The van der Waals surface area contributed by atoms with E-state index in [4.69, 9.17) is 4.74 Å². The molecule has 3 unspecified atom stereocenters. The molecule has 0 saturated carbocycles. The largest absolute Gasteiger partial charge is 0.462 e. The van der Waals surface area contributed by atoms with E-state index in [0.717, 1.165) is 57.8 Å². The summed E-state index contributed by atoms with van der Waals surface area (Å²) in [6.07, 6.45) is 63.9. The standard InChI is InChI=1S/C60H115NO5/c1-4-7-10-13-16-19-22-25-27-28-29-30-32-35-38-41-44-47-50-53-60(65)66-56(51-48-45-42-39-36-34-31-26-23-20-17-14-11-8-5-2)54-59(64)61-57(55-62)58(63)52-49-46-43-40-37-33-24-21-18-15-12-9-6-3/h25-27,31,56-58,62-63H,4-24,28-30,32-55H2,1-3H3,(H,61,64)/b27-25+,31-26+. The highest BCUT2D eigenvalue weighted by Crippen LogP contribution is 2.19. The van der Waals surface area contributed by atoms with Crippen molar-refractivity contribution in [2.24, 2.45) is 0 Å². The highest BCUT2D eigenvalue weighted by atomic mass is 16.5. The maximum atomic E-state index is 13.3. The number of carbonyl (C=O) groups excluding carboxylic acids is 2. The second-order valence-electron chi connectivity index (χ2n) is 20.4. The summed E-state index contributed by atoms with van der Waals surface area (Å²) < 4.78 is 5.97. The highest BCUT2D eigenvalue weighted by Gasteiger charge is 2.24. The summed E-state index contributed by atoms with van der Waals surface area (Å²) >= 11 is 0. The van der Waals surface area contributed by atoms with Crippen molar-refractivity contribution in [2.75, 3.05) is 6.61 Å². The molecule has 0 saturated heterocycles. The molecule has 0 fully saturated rings. The van der Waals surface area contributed by atoms with Crippen molar-refractivity contribution in [3.05, 3.63) is 24.3 Å². The SMILES string of the molecule is CCCCCCCC/C=C/CCCCCCCCCCCC(=O)OC(CCCCCCC/C=C/CCCCCCCC)CC(=O)NC(CO)C(O)CCCCCCCCCCCCCCC. The molecule has 0 heterocycles. The molecular weight excluding hydrogens is 815 g/mol. The summed E-state index contributed by atoms with van der Waals surface area (Å²) in [7, 11) is 0. The van der Waals surface area contributed by atoms with Gasteiger partial charge in [0.1, 0.15) is 6.10 Å². The molecule has 3 atom stereocenters. The summed E-state index contributed by atoms with van der Waals surface area (Å²) in [4.78, 5) is 26.3. The Bertz CT molecular complexity index is 1040. The predicted octanol–water partition coefficient (Wildman–Crippen LogP) is 18.2. The third-order valence-corrected chi connectivity index (χ3v) is 13.8. The first kappa shape index (κ1) is 64.3. The molecule has 0 rings (SSSR count). The van der Waals surface area contributed by atoms with Crippen molar-refractivity contribution in [1.82, 2.24) is 5.32 Å². The van der Waals surface area contributed by atoms with Gasteiger partial charge >= 0.3 is 5.97 Å². The zero-order chi connectivity index (χ0) is 48.1. The summed E-state index contributed by atoms with van der Waals surface area (Å²) in [5.41, 5.74) is 0. The van der Waals surface area contributed by atoms with Crippen LogP contribution in [-0.4, -0.2) is 46.9 Å². The fourth-order valence-electron chi connectivity index (χ4n) is 9.25. The summed E-state index contributed by atoms with van der Waals surface area (Å²) in [6.45, 7) is 6.51. The van der Waals surface area contributed by atoms with E-state index < -0.39 is 18.2 Å². The lowest BCUT2D eigenvalue weighted by Gasteiger charge is -2.24. The number of amides is 1. The lowest BCUT2D eigenvalue weighted by molar-refractivity contribution is -0.151. The molecule has 0 aromatic rings. The average Bonchev–Trinajstić information content (AvgIpc) is 3.31. The Morgan fingerprint density at radius 1 is 0.424 bits per heavy atom. The van der Waals surface area contributed by atoms with Crippen molar-refractivity contribution in [1.29, 1.82) is 0 Å². The van der Waals surface area contributed by atoms with Crippen LogP contribution in [0.1, 0.15) is 323 Å². The third-order valence-electron chi connectivity index (χ3n) is 13.8. The van der Waals surface area contributed by atoms with Crippen molar-refractivity contribution in [3.8, 4) is 0 Å². The van der Waals surface area contributed by atoms with Crippen molar-refractivity contribution >= 4 is 11.9 Å². The number of esters is 1. The maximum absolute atomic E-state index is 13.3. The minimum atomic E-state index is -0.787. The van der Waals surface area contributed by atoms with E-state index in [2.05, 4.69) is 50.4 Å². The Morgan fingerprint density at radius 3 is 1.08 bits per heavy atom. The molecular formula is C60H115NO5. The molecule has 6 heteroatoms. The van der Waals surface area contributed by atoms with Crippen LogP contribution < -0.4 is 5.32 Å². The van der Waals surface area contributed by atoms with Crippen LogP contribution in [0.25, 0.3) is 0 Å². The van der Waals surface area contributed by atoms with Crippen molar-refractivity contribution in [2.45, 2.75) is 341 Å². The minimum Gasteiger partial charge on any atom is -0.462 e. The number of rotatable bonds is 54. The normalized spacial score (nSPS) is 13.2. The highest BCUT2D eigenvalue weighted by molar-refractivity contribution is 5.77. The molecule has 3 N–H and O–H groups in total. The number of hydrogen-bond acceptors (Lipinski definition) is 5. The zero-order valence-electron chi connectivity index (χ0n) is 44.6. The molecule has 1 amide bonds. The molecule has 0 bridgehead atoms. The van der Waals surface area contributed by atoms with Gasteiger partial charge in [0.2, 0.25) is 5.91 Å². The molecule has 0 aliphatic rings. The minimum absolute atomic E-state index is 0.0760. The van der Waals surface area contributed by atoms with E-state index in [1.807, 2.05) is 0 Å². The summed E-state index contributed by atoms with van der Waals surface area (Å²) in [5.74, 6) is -0.466. The molecule has 0 aromatic heterocycles. The second-order valence-corrected chi connectivity index (χ2v) is 20.4. The van der Waals surface area contributed by atoms with E-state index >= 15 is 0 Å². The smallest absolute Gasteiger partial charge is 0.306 e. The zero-order valence-corrected chi connectivity index (χ0v) is 44.6. The topological polar surface area (TPSA) is 95.9 Å². The van der Waals surface area contributed by atoms with Gasteiger partial charge in [-0.3, -0.25) is 9.59 Å². The van der Waals surface area contributed by atoms with Gasteiger partial charge in [-0.2, -0.15) is 0 Å². The average molecular weight is 931 g/mol. The number of ether oxygens (including phenoxy) is 1. The van der Waals surface area contributed by atoms with Gasteiger partial charge in [-0.25, -0.2) is 0 Å².